The quantitative estimate of drug-likeness (QED) is 0.797. The van der Waals surface area contributed by atoms with Crippen LogP contribution in [0.4, 0.5) is 0 Å². The summed E-state index contributed by atoms with van der Waals surface area (Å²) in [6, 6.07) is 6.34. The van der Waals surface area contributed by atoms with Crippen LogP contribution in [0.25, 0.3) is 0 Å². The summed E-state index contributed by atoms with van der Waals surface area (Å²) in [6.45, 7) is 5.27. The summed E-state index contributed by atoms with van der Waals surface area (Å²) in [5.74, 6) is 1.39. The van der Waals surface area contributed by atoms with E-state index in [0.29, 0.717) is 5.92 Å². The van der Waals surface area contributed by atoms with Gasteiger partial charge in [0.25, 0.3) is 0 Å². The van der Waals surface area contributed by atoms with Crippen LogP contribution in [-0.2, 0) is 0 Å². The molecule has 3 heteroatoms. The first-order chi connectivity index (χ1) is 8.10. The molecule has 17 heavy (non-hydrogen) atoms. The summed E-state index contributed by atoms with van der Waals surface area (Å²) < 4.78 is 5.37. The average molecular weight is 236 g/mol. The smallest absolute Gasteiger partial charge is 0.122 e. The molecule has 1 aromatic rings. The minimum absolute atomic E-state index is 0.0888. The largest absolute Gasteiger partial charge is 0.496 e. The van der Waals surface area contributed by atoms with Crippen LogP contribution in [0.1, 0.15) is 43.4 Å². The minimum Gasteiger partial charge on any atom is -0.496 e. The van der Waals surface area contributed by atoms with Gasteiger partial charge in [-0.25, -0.2) is 0 Å². The van der Waals surface area contributed by atoms with Crippen molar-refractivity contribution >= 4 is 0 Å². The second-order valence-electron chi connectivity index (χ2n) is 4.65. The Hall–Kier alpha value is -1.06. The molecule has 1 rings (SSSR count). The fourth-order valence-corrected chi connectivity index (χ4v) is 1.90. The Morgan fingerprint density at radius 3 is 2.59 bits per heavy atom. The lowest BCUT2D eigenvalue weighted by Crippen LogP contribution is -2.18. The van der Waals surface area contributed by atoms with Crippen LogP contribution >= 0.6 is 0 Å². The maximum Gasteiger partial charge on any atom is 0.122 e. The van der Waals surface area contributed by atoms with Gasteiger partial charge in [0.05, 0.1) is 7.11 Å². The fraction of sp³-hybridized carbons (Fsp3) is 0.571. The van der Waals surface area contributed by atoms with Crippen molar-refractivity contribution in [2.24, 2.45) is 5.73 Å². The highest BCUT2D eigenvalue weighted by Gasteiger charge is 2.11. The van der Waals surface area contributed by atoms with Crippen molar-refractivity contribution < 1.29 is 4.74 Å². The van der Waals surface area contributed by atoms with Gasteiger partial charge in [0.15, 0.2) is 0 Å². The molecule has 1 atom stereocenters. The van der Waals surface area contributed by atoms with E-state index >= 15 is 0 Å². The van der Waals surface area contributed by atoms with Crippen molar-refractivity contribution in [1.29, 1.82) is 0 Å². The van der Waals surface area contributed by atoms with Crippen molar-refractivity contribution in [3.8, 4) is 5.75 Å². The first-order valence-corrected chi connectivity index (χ1v) is 6.18. The first kappa shape index (κ1) is 14.0. The van der Waals surface area contributed by atoms with Gasteiger partial charge in [0, 0.05) is 6.04 Å². The van der Waals surface area contributed by atoms with Gasteiger partial charge in [0.1, 0.15) is 5.75 Å². The molecular formula is C14H24N2O. The predicted molar refractivity (Wildman–Crippen MR) is 72.6 cm³/mol. The third-order valence-electron chi connectivity index (χ3n) is 3.01. The zero-order chi connectivity index (χ0) is 12.8. The van der Waals surface area contributed by atoms with Crippen molar-refractivity contribution in [2.45, 2.75) is 32.2 Å². The molecule has 0 saturated carbocycles. The standard InChI is InChI=1S/C14H24N2O/c1-10(2)12-9-11(5-6-14(12)17-4)13(15)7-8-16-3/h5-6,9-10,13,16H,7-8,15H2,1-4H3. The van der Waals surface area contributed by atoms with Crippen molar-refractivity contribution in [3.63, 3.8) is 0 Å². The first-order valence-electron chi connectivity index (χ1n) is 6.18. The number of rotatable bonds is 6. The van der Waals surface area contributed by atoms with Gasteiger partial charge in [-0.3, -0.25) is 0 Å². The molecule has 0 heterocycles. The van der Waals surface area contributed by atoms with Gasteiger partial charge in [-0.05, 0) is 43.1 Å². The van der Waals surface area contributed by atoms with Crippen LogP contribution in [0.3, 0.4) is 0 Å². The van der Waals surface area contributed by atoms with E-state index in [1.54, 1.807) is 7.11 Å². The molecular weight excluding hydrogens is 212 g/mol. The number of hydrogen-bond acceptors (Lipinski definition) is 3. The van der Waals surface area contributed by atoms with Gasteiger partial charge in [-0.2, -0.15) is 0 Å². The lowest BCUT2D eigenvalue weighted by molar-refractivity contribution is 0.407. The summed E-state index contributed by atoms with van der Waals surface area (Å²) in [4.78, 5) is 0. The predicted octanol–water partition coefficient (Wildman–Crippen LogP) is 2.43. The maximum absolute atomic E-state index is 6.16. The number of methoxy groups -OCH3 is 1. The summed E-state index contributed by atoms with van der Waals surface area (Å²) in [5.41, 5.74) is 8.57. The average Bonchev–Trinajstić information content (AvgIpc) is 2.34. The van der Waals surface area contributed by atoms with Gasteiger partial charge < -0.3 is 15.8 Å². The summed E-state index contributed by atoms with van der Waals surface area (Å²) >= 11 is 0. The third-order valence-corrected chi connectivity index (χ3v) is 3.01. The highest BCUT2D eigenvalue weighted by atomic mass is 16.5. The Kier molecular flexibility index (Phi) is 5.45. The molecule has 0 spiro atoms. The Bertz CT molecular complexity index is 350. The van der Waals surface area contributed by atoms with Crippen molar-refractivity contribution in [1.82, 2.24) is 5.32 Å². The van der Waals surface area contributed by atoms with Crippen LogP contribution in [-0.4, -0.2) is 20.7 Å². The molecule has 0 fully saturated rings. The van der Waals surface area contributed by atoms with Crippen LogP contribution in [0.5, 0.6) is 5.75 Å². The molecule has 0 aliphatic rings. The molecule has 1 aromatic carbocycles. The van der Waals surface area contributed by atoms with Crippen molar-refractivity contribution in [2.75, 3.05) is 20.7 Å². The van der Waals surface area contributed by atoms with E-state index in [1.165, 1.54) is 11.1 Å². The fourth-order valence-electron chi connectivity index (χ4n) is 1.90. The Morgan fingerprint density at radius 2 is 2.06 bits per heavy atom. The zero-order valence-electron chi connectivity index (χ0n) is 11.3. The normalized spacial score (nSPS) is 12.8. The van der Waals surface area contributed by atoms with E-state index in [-0.39, 0.29) is 6.04 Å². The number of nitrogens with one attached hydrogen (secondary N) is 1. The molecule has 0 saturated heterocycles. The van der Waals surface area contributed by atoms with Crippen LogP contribution in [0.2, 0.25) is 0 Å². The summed E-state index contributed by atoms with van der Waals surface area (Å²) in [5, 5.41) is 3.12. The molecule has 96 valence electrons. The number of ether oxygens (including phenoxy) is 1. The van der Waals surface area contributed by atoms with E-state index in [9.17, 15) is 0 Å². The van der Waals surface area contributed by atoms with Crippen molar-refractivity contribution in [3.05, 3.63) is 29.3 Å². The SMILES string of the molecule is CNCCC(N)c1ccc(OC)c(C(C)C)c1. The lowest BCUT2D eigenvalue weighted by Gasteiger charge is -2.17. The Labute approximate surface area is 104 Å². The van der Waals surface area contributed by atoms with Gasteiger partial charge in [0.2, 0.25) is 0 Å². The molecule has 3 nitrogen and oxygen atoms in total. The molecule has 0 aromatic heterocycles. The third kappa shape index (κ3) is 3.72. The highest BCUT2D eigenvalue weighted by molar-refractivity contribution is 5.40. The number of nitrogens with two attached hydrogens (primary N) is 1. The molecule has 0 aliphatic carbocycles. The second kappa shape index (κ2) is 6.62. The summed E-state index contributed by atoms with van der Waals surface area (Å²) in [7, 11) is 3.65. The number of benzene rings is 1. The Morgan fingerprint density at radius 1 is 1.35 bits per heavy atom. The van der Waals surface area contributed by atoms with Gasteiger partial charge in [-0.15, -0.1) is 0 Å². The molecule has 1 unspecified atom stereocenters. The van der Waals surface area contributed by atoms with Gasteiger partial charge >= 0.3 is 0 Å². The topological polar surface area (TPSA) is 47.3 Å². The monoisotopic (exact) mass is 236 g/mol. The van der Waals surface area contributed by atoms with Gasteiger partial charge in [-0.1, -0.05) is 26.0 Å². The van der Waals surface area contributed by atoms with E-state index in [1.807, 2.05) is 13.1 Å². The second-order valence-corrected chi connectivity index (χ2v) is 4.65. The number of hydrogen-bond donors (Lipinski definition) is 2. The van der Waals surface area contributed by atoms with Crippen LogP contribution in [0.15, 0.2) is 18.2 Å². The van der Waals surface area contributed by atoms with Crippen LogP contribution < -0.4 is 15.8 Å². The van der Waals surface area contributed by atoms with Crippen LogP contribution in [0, 0.1) is 0 Å². The van der Waals surface area contributed by atoms with E-state index in [2.05, 4.69) is 31.3 Å². The summed E-state index contributed by atoms with van der Waals surface area (Å²) in [6.07, 6.45) is 0.945. The molecule has 0 aliphatic heterocycles. The van der Waals surface area contributed by atoms with E-state index in [4.69, 9.17) is 10.5 Å². The highest BCUT2D eigenvalue weighted by Crippen LogP contribution is 2.29. The maximum atomic E-state index is 6.16. The molecule has 3 N–H and O–H groups in total. The molecule has 0 radical (unpaired) electrons. The zero-order valence-corrected chi connectivity index (χ0v) is 11.3. The minimum atomic E-state index is 0.0888. The lowest BCUT2D eigenvalue weighted by atomic mass is 9.96. The molecule has 0 bridgehead atoms. The molecule has 0 amide bonds. The van der Waals surface area contributed by atoms with E-state index < -0.39 is 0 Å². The Balaban J connectivity index is 2.91. The van der Waals surface area contributed by atoms with E-state index in [0.717, 1.165) is 18.7 Å².